The number of rotatable bonds is 8. The van der Waals surface area contributed by atoms with E-state index >= 15 is 0 Å². The first-order chi connectivity index (χ1) is 14.6. The number of methoxy groups -OCH3 is 2. The van der Waals surface area contributed by atoms with E-state index in [4.69, 9.17) is 21.1 Å². The van der Waals surface area contributed by atoms with E-state index in [-0.39, 0.29) is 26.9 Å². The number of anilines is 2. The van der Waals surface area contributed by atoms with Crippen LogP contribution in [0.5, 0.6) is 11.5 Å². The van der Waals surface area contributed by atoms with E-state index in [9.17, 15) is 16.8 Å². The fourth-order valence-corrected chi connectivity index (χ4v) is 5.22. The molecule has 31 heavy (non-hydrogen) atoms. The smallest absolute Gasteiger partial charge is 0.265 e. The number of hydrogen-bond acceptors (Lipinski definition) is 6. The van der Waals surface area contributed by atoms with E-state index in [0.717, 1.165) is 0 Å². The standard InChI is InChI=1S/C20H19ClN2O6S2/c1-28-17-9-10-19(29-2)20(13-17)31(26,27)23-16-7-4-8-18(12-16)30(24,25)22-15-6-3-5-14(21)11-15/h3-13,22-23H,1-2H3. The molecule has 0 aliphatic rings. The van der Waals surface area contributed by atoms with Crippen molar-refractivity contribution in [2.45, 2.75) is 9.79 Å². The van der Waals surface area contributed by atoms with Crippen molar-refractivity contribution in [3.63, 3.8) is 0 Å². The molecule has 3 aromatic rings. The maximum absolute atomic E-state index is 12.9. The number of benzene rings is 3. The van der Waals surface area contributed by atoms with Crippen LogP contribution in [0.4, 0.5) is 11.4 Å². The van der Waals surface area contributed by atoms with E-state index in [1.165, 1.54) is 56.7 Å². The quantitative estimate of drug-likeness (QED) is 0.502. The third kappa shape index (κ3) is 5.40. The highest BCUT2D eigenvalue weighted by atomic mass is 35.5. The zero-order chi connectivity index (χ0) is 22.6. The molecule has 0 aliphatic carbocycles. The summed E-state index contributed by atoms with van der Waals surface area (Å²) < 4.78 is 66.2. The van der Waals surface area contributed by atoms with Crippen molar-refractivity contribution < 1.29 is 26.3 Å². The van der Waals surface area contributed by atoms with Gasteiger partial charge in [-0.05, 0) is 48.5 Å². The lowest BCUT2D eigenvalue weighted by Gasteiger charge is -2.14. The van der Waals surface area contributed by atoms with Crippen molar-refractivity contribution in [3.8, 4) is 11.5 Å². The van der Waals surface area contributed by atoms with E-state index < -0.39 is 20.0 Å². The Morgan fingerprint density at radius 1 is 0.742 bits per heavy atom. The summed E-state index contributed by atoms with van der Waals surface area (Å²) in [5.41, 5.74) is 0.332. The first-order valence-electron chi connectivity index (χ1n) is 8.78. The summed E-state index contributed by atoms with van der Waals surface area (Å²) in [5.74, 6) is 0.433. The minimum Gasteiger partial charge on any atom is -0.497 e. The normalized spacial score (nSPS) is 11.6. The molecule has 0 atom stereocenters. The molecule has 0 unspecified atom stereocenters. The number of halogens is 1. The van der Waals surface area contributed by atoms with Gasteiger partial charge in [0.05, 0.1) is 30.5 Å². The fraction of sp³-hybridized carbons (Fsp3) is 0.100. The first-order valence-corrected chi connectivity index (χ1v) is 12.1. The molecule has 0 saturated carbocycles. The Morgan fingerprint density at radius 2 is 1.39 bits per heavy atom. The molecule has 2 N–H and O–H groups in total. The Morgan fingerprint density at radius 3 is 2.03 bits per heavy atom. The molecular weight excluding hydrogens is 464 g/mol. The van der Waals surface area contributed by atoms with Crippen LogP contribution in [0.3, 0.4) is 0 Å². The summed E-state index contributed by atoms with van der Waals surface area (Å²) in [6, 6.07) is 16.0. The highest BCUT2D eigenvalue weighted by Gasteiger charge is 2.22. The van der Waals surface area contributed by atoms with Crippen LogP contribution in [-0.4, -0.2) is 31.1 Å². The van der Waals surface area contributed by atoms with E-state index in [2.05, 4.69) is 9.44 Å². The van der Waals surface area contributed by atoms with Gasteiger partial charge in [0.25, 0.3) is 20.0 Å². The monoisotopic (exact) mass is 482 g/mol. The van der Waals surface area contributed by atoms with Gasteiger partial charge >= 0.3 is 0 Å². The van der Waals surface area contributed by atoms with Crippen molar-refractivity contribution in [2.75, 3.05) is 23.7 Å². The van der Waals surface area contributed by atoms with E-state index in [0.29, 0.717) is 10.8 Å². The topological polar surface area (TPSA) is 111 Å². The Balaban J connectivity index is 1.91. The van der Waals surface area contributed by atoms with Gasteiger partial charge in [-0.2, -0.15) is 0 Å². The lowest BCUT2D eigenvalue weighted by atomic mass is 10.3. The maximum atomic E-state index is 12.9. The molecule has 8 nitrogen and oxygen atoms in total. The van der Waals surface area contributed by atoms with Gasteiger partial charge < -0.3 is 9.47 Å². The molecule has 0 heterocycles. The Labute approximate surface area is 185 Å². The molecule has 0 radical (unpaired) electrons. The van der Waals surface area contributed by atoms with Crippen LogP contribution in [-0.2, 0) is 20.0 Å². The van der Waals surface area contributed by atoms with Crippen LogP contribution in [0, 0.1) is 0 Å². The molecular formula is C20H19ClN2O6S2. The molecule has 11 heteroatoms. The number of sulfonamides is 2. The van der Waals surface area contributed by atoms with Gasteiger partial charge in [-0.25, -0.2) is 16.8 Å². The van der Waals surface area contributed by atoms with Gasteiger partial charge in [-0.15, -0.1) is 0 Å². The largest absolute Gasteiger partial charge is 0.497 e. The number of ether oxygens (including phenoxy) is 2. The summed E-state index contributed by atoms with van der Waals surface area (Å²) in [4.78, 5) is -0.287. The lowest BCUT2D eigenvalue weighted by molar-refractivity contribution is 0.392. The van der Waals surface area contributed by atoms with Gasteiger partial charge in [-0.3, -0.25) is 9.44 Å². The SMILES string of the molecule is COc1ccc(OC)c(S(=O)(=O)Nc2cccc(S(=O)(=O)Nc3cccc(Cl)c3)c2)c1. The summed E-state index contributed by atoms with van der Waals surface area (Å²) in [6.45, 7) is 0. The second-order valence-electron chi connectivity index (χ2n) is 6.27. The molecule has 0 aromatic heterocycles. The molecule has 0 aliphatic heterocycles. The first kappa shape index (κ1) is 22.7. The van der Waals surface area contributed by atoms with Crippen LogP contribution in [0.1, 0.15) is 0 Å². The number of nitrogens with one attached hydrogen (secondary N) is 2. The second-order valence-corrected chi connectivity index (χ2v) is 10.0. The summed E-state index contributed by atoms with van der Waals surface area (Å²) in [7, 11) is -5.34. The van der Waals surface area contributed by atoms with Crippen LogP contribution in [0.15, 0.2) is 76.5 Å². The average molecular weight is 483 g/mol. The number of hydrogen-bond donors (Lipinski definition) is 2. The Hall–Kier alpha value is -2.95. The van der Waals surface area contributed by atoms with E-state index in [1.54, 1.807) is 24.3 Å². The van der Waals surface area contributed by atoms with Gasteiger partial charge in [-0.1, -0.05) is 23.7 Å². The summed E-state index contributed by atoms with van der Waals surface area (Å²) in [5, 5.41) is 0.369. The molecule has 164 valence electrons. The minimum absolute atomic E-state index is 0.0545. The molecule has 0 bridgehead atoms. The van der Waals surface area contributed by atoms with Crippen LogP contribution >= 0.6 is 11.6 Å². The van der Waals surface area contributed by atoms with Crippen LogP contribution < -0.4 is 18.9 Å². The zero-order valence-electron chi connectivity index (χ0n) is 16.5. The lowest BCUT2D eigenvalue weighted by Crippen LogP contribution is -2.16. The van der Waals surface area contributed by atoms with Crippen LogP contribution in [0.25, 0.3) is 0 Å². The summed E-state index contributed by atoms with van der Waals surface area (Å²) >= 11 is 5.89. The van der Waals surface area contributed by atoms with Crippen molar-refractivity contribution in [1.82, 2.24) is 0 Å². The molecule has 0 fully saturated rings. The Bertz CT molecular complexity index is 1310. The Kier molecular flexibility index (Phi) is 6.63. The molecule has 3 rings (SSSR count). The molecule has 3 aromatic carbocycles. The highest BCUT2D eigenvalue weighted by Crippen LogP contribution is 2.30. The second kappa shape index (κ2) is 9.04. The van der Waals surface area contributed by atoms with Gasteiger partial charge in [0.1, 0.15) is 16.4 Å². The van der Waals surface area contributed by atoms with Crippen LogP contribution in [0.2, 0.25) is 5.02 Å². The molecule has 0 amide bonds. The van der Waals surface area contributed by atoms with Crippen molar-refractivity contribution in [3.05, 3.63) is 71.8 Å². The third-order valence-corrected chi connectivity index (χ3v) is 7.15. The predicted molar refractivity (Wildman–Crippen MR) is 119 cm³/mol. The predicted octanol–water partition coefficient (Wildman–Crippen LogP) is 3.96. The summed E-state index contributed by atoms with van der Waals surface area (Å²) in [6.07, 6.45) is 0. The van der Waals surface area contributed by atoms with Crippen molar-refractivity contribution >= 4 is 43.0 Å². The van der Waals surface area contributed by atoms with E-state index in [1.807, 2.05) is 0 Å². The van der Waals surface area contributed by atoms with Gasteiger partial charge in [0.2, 0.25) is 0 Å². The fourth-order valence-electron chi connectivity index (χ4n) is 2.70. The zero-order valence-corrected chi connectivity index (χ0v) is 18.9. The highest BCUT2D eigenvalue weighted by molar-refractivity contribution is 7.93. The van der Waals surface area contributed by atoms with Crippen molar-refractivity contribution in [2.24, 2.45) is 0 Å². The third-order valence-electron chi connectivity index (χ3n) is 4.13. The molecule has 0 saturated heterocycles. The van der Waals surface area contributed by atoms with Gasteiger partial charge in [0, 0.05) is 11.1 Å². The van der Waals surface area contributed by atoms with Crippen molar-refractivity contribution in [1.29, 1.82) is 0 Å². The minimum atomic E-state index is -4.10. The molecule has 0 spiro atoms. The average Bonchev–Trinajstić information content (AvgIpc) is 2.73. The van der Waals surface area contributed by atoms with Gasteiger partial charge in [0.15, 0.2) is 0 Å². The maximum Gasteiger partial charge on any atom is 0.265 e.